The van der Waals surface area contributed by atoms with E-state index in [4.69, 9.17) is 0 Å². The number of nitrogens with one attached hydrogen (secondary N) is 1. The third-order valence-electron chi connectivity index (χ3n) is 5.08. The summed E-state index contributed by atoms with van der Waals surface area (Å²) in [6.07, 6.45) is 6.30. The Morgan fingerprint density at radius 3 is 2.50 bits per heavy atom. The highest BCUT2D eigenvalue weighted by Gasteiger charge is 2.39. The van der Waals surface area contributed by atoms with Crippen molar-refractivity contribution in [1.29, 1.82) is 0 Å². The summed E-state index contributed by atoms with van der Waals surface area (Å²) in [5.41, 5.74) is 0. The summed E-state index contributed by atoms with van der Waals surface area (Å²) >= 11 is 0. The van der Waals surface area contributed by atoms with Crippen molar-refractivity contribution in [3.8, 4) is 0 Å². The normalized spacial score (nSPS) is 33.3. The second-order valence-electron chi connectivity index (χ2n) is 6.54. The smallest absolute Gasteiger partial charge is 0.239 e. The van der Waals surface area contributed by atoms with E-state index in [0.717, 1.165) is 12.3 Å². The summed E-state index contributed by atoms with van der Waals surface area (Å²) in [6.45, 7) is 6.50. The van der Waals surface area contributed by atoms with Crippen LogP contribution in [0.5, 0.6) is 0 Å². The van der Waals surface area contributed by atoms with Gasteiger partial charge < -0.3 is 10.2 Å². The molecule has 18 heavy (non-hydrogen) atoms. The van der Waals surface area contributed by atoms with Gasteiger partial charge in [0.15, 0.2) is 0 Å². The summed E-state index contributed by atoms with van der Waals surface area (Å²) in [7, 11) is 1.96. The van der Waals surface area contributed by atoms with Gasteiger partial charge in [0.05, 0.1) is 6.04 Å². The molecule has 3 heteroatoms. The Balaban J connectivity index is 1.94. The molecule has 0 aromatic rings. The molecule has 0 aromatic heterocycles. The first kappa shape index (κ1) is 13.9. The molecular formula is C15H28N2O. The summed E-state index contributed by atoms with van der Waals surface area (Å²) in [4.78, 5) is 14.4. The average Bonchev–Trinajstić information content (AvgIpc) is 2.79. The van der Waals surface area contributed by atoms with Gasteiger partial charge in [-0.25, -0.2) is 0 Å². The van der Waals surface area contributed by atoms with Crippen molar-refractivity contribution in [2.45, 2.75) is 71.0 Å². The minimum absolute atomic E-state index is 0.0734. The van der Waals surface area contributed by atoms with Crippen molar-refractivity contribution >= 4 is 5.91 Å². The number of hydrogen-bond donors (Lipinski definition) is 1. The molecule has 0 spiro atoms. The minimum Gasteiger partial charge on any atom is -0.341 e. The number of rotatable bonds is 3. The van der Waals surface area contributed by atoms with Gasteiger partial charge >= 0.3 is 0 Å². The second-order valence-corrected chi connectivity index (χ2v) is 6.54. The zero-order valence-electron chi connectivity index (χ0n) is 12.3. The van der Waals surface area contributed by atoms with Crippen molar-refractivity contribution in [2.75, 3.05) is 7.05 Å². The highest BCUT2D eigenvalue weighted by Crippen LogP contribution is 2.33. The largest absolute Gasteiger partial charge is 0.341 e. The highest BCUT2D eigenvalue weighted by molar-refractivity contribution is 5.82. The van der Waals surface area contributed by atoms with Crippen molar-refractivity contribution in [1.82, 2.24) is 10.2 Å². The lowest BCUT2D eigenvalue weighted by Gasteiger charge is -2.30. The van der Waals surface area contributed by atoms with Crippen LogP contribution in [0.3, 0.4) is 0 Å². The van der Waals surface area contributed by atoms with Crippen LogP contribution in [0, 0.1) is 11.8 Å². The van der Waals surface area contributed by atoms with Crippen molar-refractivity contribution in [2.24, 2.45) is 11.8 Å². The van der Waals surface area contributed by atoms with Crippen LogP contribution < -0.4 is 5.32 Å². The molecule has 0 aromatic carbocycles. The van der Waals surface area contributed by atoms with Gasteiger partial charge in [0.1, 0.15) is 0 Å². The van der Waals surface area contributed by atoms with E-state index >= 15 is 0 Å². The molecule has 2 fully saturated rings. The number of carbonyl (C=O) groups excluding carboxylic acids is 1. The third-order valence-corrected chi connectivity index (χ3v) is 5.08. The van der Waals surface area contributed by atoms with Gasteiger partial charge in [-0.15, -0.1) is 0 Å². The van der Waals surface area contributed by atoms with Gasteiger partial charge in [0, 0.05) is 19.1 Å². The fourth-order valence-electron chi connectivity index (χ4n) is 3.40. The van der Waals surface area contributed by atoms with Gasteiger partial charge in [0.2, 0.25) is 5.91 Å². The van der Waals surface area contributed by atoms with Crippen LogP contribution in [0.15, 0.2) is 0 Å². The maximum Gasteiger partial charge on any atom is 0.239 e. The van der Waals surface area contributed by atoms with E-state index in [1.165, 1.54) is 25.7 Å². The van der Waals surface area contributed by atoms with Crippen LogP contribution in [0.25, 0.3) is 0 Å². The second kappa shape index (κ2) is 5.60. The Bertz CT molecular complexity index is 289. The third kappa shape index (κ3) is 2.71. The maximum atomic E-state index is 12.5. The van der Waals surface area contributed by atoms with Crippen molar-refractivity contribution in [3.63, 3.8) is 0 Å². The topological polar surface area (TPSA) is 32.3 Å². The van der Waals surface area contributed by atoms with Gasteiger partial charge in [-0.3, -0.25) is 4.79 Å². The van der Waals surface area contributed by atoms with Crippen LogP contribution >= 0.6 is 0 Å². The monoisotopic (exact) mass is 252 g/mol. The zero-order chi connectivity index (χ0) is 13.3. The fourth-order valence-corrected chi connectivity index (χ4v) is 3.40. The van der Waals surface area contributed by atoms with Crippen LogP contribution in [0.1, 0.15) is 52.9 Å². The Labute approximate surface area is 111 Å². The highest BCUT2D eigenvalue weighted by atomic mass is 16.2. The number of fused-ring (bicyclic) bond motifs is 1. The number of amides is 1. The van der Waals surface area contributed by atoms with Gasteiger partial charge in [-0.05, 0) is 38.0 Å². The van der Waals surface area contributed by atoms with Crippen LogP contribution in [-0.4, -0.2) is 36.0 Å². The maximum absolute atomic E-state index is 12.5. The quantitative estimate of drug-likeness (QED) is 0.836. The number of nitrogens with zero attached hydrogens (tertiary/aromatic N) is 1. The Hall–Kier alpha value is -0.570. The van der Waals surface area contributed by atoms with Crippen LogP contribution in [-0.2, 0) is 4.79 Å². The fraction of sp³-hybridized carbons (Fsp3) is 0.933. The van der Waals surface area contributed by atoms with E-state index in [1.807, 2.05) is 11.9 Å². The molecule has 1 heterocycles. The Morgan fingerprint density at radius 2 is 1.89 bits per heavy atom. The molecule has 1 aliphatic carbocycles. The molecule has 1 amide bonds. The van der Waals surface area contributed by atoms with E-state index in [1.54, 1.807) is 0 Å². The predicted molar refractivity (Wildman–Crippen MR) is 74.4 cm³/mol. The number of hydrogen-bond acceptors (Lipinski definition) is 2. The molecule has 1 saturated carbocycles. The van der Waals surface area contributed by atoms with Gasteiger partial charge in [-0.2, -0.15) is 0 Å². The Kier molecular flexibility index (Phi) is 4.31. The van der Waals surface area contributed by atoms with Crippen LogP contribution in [0.2, 0.25) is 0 Å². The first-order valence-electron chi connectivity index (χ1n) is 7.53. The summed E-state index contributed by atoms with van der Waals surface area (Å²) < 4.78 is 0. The van der Waals surface area contributed by atoms with E-state index in [-0.39, 0.29) is 6.04 Å². The number of likely N-dealkylation sites (N-methyl/N-ethyl adjacent to an activating group) is 1. The molecule has 1 aliphatic heterocycles. The molecule has 104 valence electrons. The van der Waals surface area contributed by atoms with Crippen molar-refractivity contribution in [3.05, 3.63) is 0 Å². The molecule has 3 nitrogen and oxygen atoms in total. The lowest BCUT2D eigenvalue weighted by Crippen LogP contribution is -2.48. The molecule has 1 saturated heterocycles. The van der Waals surface area contributed by atoms with E-state index < -0.39 is 0 Å². The summed E-state index contributed by atoms with van der Waals surface area (Å²) in [6, 6.07) is 1.00. The lowest BCUT2D eigenvalue weighted by molar-refractivity contribution is -0.134. The lowest BCUT2D eigenvalue weighted by atomic mass is 9.85. The standard InChI is InChI=1S/C15H28N2O/c1-10(2)11(3)17(4)15(18)14-9-12-7-5-6-8-13(12)16-14/h10-14,16H,5-9H2,1-4H3. The molecule has 2 rings (SSSR count). The first-order chi connectivity index (χ1) is 8.50. The molecular weight excluding hydrogens is 224 g/mol. The van der Waals surface area contributed by atoms with E-state index in [9.17, 15) is 4.79 Å². The van der Waals surface area contributed by atoms with Crippen LogP contribution in [0.4, 0.5) is 0 Å². The SMILES string of the molecule is CC(C)C(C)N(C)C(=O)C1CC2CCCCC2N1. The van der Waals surface area contributed by atoms with Gasteiger partial charge in [-0.1, -0.05) is 26.7 Å². The van der Waals surface area contributed by atoms with Crippen molar-refractivity contribution < 1.29 is 4.79 Å². The van der Waals surface area contributed by atoms with E-state index in [0.29, 0.717) is 23.9 Å². The summed E-state index contributed by atoms with van der Waals surface area (Å²) in [5.74, 6) is 1.56. The number of carbonyl (C=O) groups is 1. The average molecular weight is 252 g/mol. The summed E-state index contributed by atoms with van der Waals surface area (Å²) in [5, 5.41) is 3.58. The predicted octanol–water partition coefficient (Wildman–Crippen LogP) is 2.41. The zero-order valence-corrected chi connectivity index (χ0v) is 12.3. The molecule has 2 aliphatic rings. The first-order valence-corrected chi connectivity index (χ1v) is 7.53. The molecule has 4 unspecified atom stereocenters. The molecule has 0 radical (unpaired) electrons. The molecule has 0 bridgehead atoms. The minimum atomic E-state index is 0.0734. The van der Waals surface area contributed by atoms with E-state index in [2.05, 4.69) is 26.1 Å². The van der Waals surface area contributed by atoms with Gasteiger partial charge in [0.25, 0.3) is 0 Å². The molecule has 1 N–H and O–H groups in total. The Morgan fingerprint density at radius 1 is 1.22 bits per heavy atom. The molecule has 4 atom stereocenters.